The van der Waals surface area contributed by atoms with Crippen LogP contribution < -0.4 is 4.89 Å². The quantitative estimate of drug-likeness (QED) is 0.502. The molecule has 49 valence electrons. The second kappa shape index (κ2) is 2.06. The predicted octanol–water partition coefficient (Wildman–Crippen LogP) is 1.78. The fourth-order valence-electron chi connectivity index (χ4n) is 0.816. The molecular formula is C8H5O2. The van der Waals surface area contributed by atoms with E-state index in [2.05, 4.69) is 11.0 Å². The van der Waals surface area contributed by atoms with Crippen LogP contribution in [0.15, 0.2) is 24.5 Å². The smallest absolute Gasteiger partial charge is 0.185 e. The highest BCUT2D eigenvalue weighted by molar-refractivity contribution is 5.56. The van der Waals surface area contributed by atoms with Crippen LogP contribution >= 0.6 is 0 Å². The van der Waals surface area contributed by atoms with Crippen molar-refractivity contribution >= 4 is 6.08 Å². The Hall–Kier alpha value is -1.44. The molecule has 2 rings (SSSR count). The molecule has 0 N–H and O–H groups in total. The van der Waals surface area contributed by atoms with Crippen molar-refractivity contribution in [1.82, 2.24) is 0 Å². The van der Waals surface area contributed by atoms with E-state index >= 15 is 0 Å². The van der Waals surface area contributed by atoms with Gasteiger partial charge in [-0.3, -0.25) is 9.78 Å². The standard InChI is InChI=1S/C8H5O2/c1-2-4-8-7(3-1)5-6-9-10-8/h2-6H. The van der Waals surface area contributed by atoms with Crippen molar-refractivity contribution < 1.29 is 9.78 Å². The summed E-state index contributed by atoms with van der Waals surface area (Å²) in [7, 11) is 0. The van der Waals surface area contributed by atoms with Gasteiger partial charge in [0.25, 0.3) is 0 Å². The van der Waals surface area contributed by atoms with Gasteiger partial charge in [0, 0.05) is 5.56 Å². The molecule has 0 saturated heterocycles. The summed E-state index contributed by atoms with van der Waals surface area (Å²) in [5.74, 6) is 0.737. The topological polar surface area (TPSA) is 18.5 Å². The molecule has 1 aliphatic heterocycles. The van der Waals surface area contributed by atoms with Crippen LogP contribution in [0.25, 0.3) is 6.08 Å². The number of benzene rings is 1. The Bertz CT molecular complexity index is 266. The first-order valence-corrected chi connectivity index (χ1v) is 2.97. The van der Waals surface area contributed by atoms with Crippen LogP contribution in [0.5, 0.6) is 5.75 Å². The van der Waals surface area contributed by atoms with Crippen molar-refractivity contribution in [1.29, 1.82) is 0 Å². The van der Waals surface area contributed by atoms with Gasteiger partial charge in [-0.15, -0.1) is 0 Å². The third-order valence-electron chi connectivity index (χ3n) is 1.30. The Kier molecular flexibility index (Phi) is 1.10. The third kappa shape index (κ3) is 0.739. The molecule has 1 aromatic rings. The number of hydrogen-bond donors (Lipinski definition) is 0. The van der Waals surface area contributed by atoms with E-state index in [1.54, 1.807) is 12.1 Å². The summed E-state index contributed by atoms with van der Waals surface area (Å²) in [6.07, 6.45) is 3.32. The molecule has 0 saturated carbocycles. The average Bonchev–Trinajstić information content (AvgIpc) is 2.05. The molecule has 2 nitrogen and oxygen atoms in total. The van der Waals surface area contributed by atoms with E-state index in [0.717, 1.165) is 11.3 Å². The molecule has 2 heteroatoms. The maximum atomic E-state index is 4.82. The predicted molar refractivity (Wildman–Crippen MR) is 36.0 cm³/mol. The lowest BCUT2D eigenvalue weighted by Gasteiger charge is -2.08. The second-order valence-corrected chi connectivity index (χ2v) is 1.95. The van der Waals surface area contributed by atoms with Crippen LogP contribution in [0.3, 0.4) is 0 Å². The average molecular weight is 133 g/mol. The van der Waals surface area contributed by atoms with Gasteiger partial charge < -0.3 is 0 Å². The largest absolute Gasteiger partial charge is 0.298 e. The summed E-state index contributed by atoms with van der Waals surface area (Å²) in [4.78, 5) is 9.42. The summed E-state index contributed by atoms with van der Waals surface area (Å²) in [5, 5.41) is 0. The molecule has 10 heavy (non-hydrogen) atoms. The summed E-state index contributed by atoms with van der Waals surface area (Å²) < 4.78 is 0. The van der Waals surface area contributed by atoms with E-state index in [0.29, 0.717) is 0 Å². The maximum absolute atomic E-state index is 4.82. The minimum absolute atomic E-state index is 0.737. The number of fused-ring (bicyclic) bond motifs is 1. The highest BCUT2D eigenvalue weighted by atomic mass is 17.2. The highest BCUT2D eigenvalue weighted by Gasteiger charge is 2.03. The summed E-state index contributed by atoms with van der Waals surface area (Å²) in [5.41, 5.74) is 0.994. The molecular weight excluding hydrogens is 128 g/mol. The van der Waals surface area contributed by atoms with E-state index in [4.69, 9.17) is 4.89 Å². The zero-order valence-electron chi connectivity index (χ0n) is 5.20. The minimum Gasteiger partial charge on any atom is -0.298 e. The minimum atomic E-state index is 0.737. The zero-order chi connectivity index (χ0) is 6.81. The first-order valence-electron chi connectivity index (χ1n) is 2.97. The van der Waals surface area contributed by atoms with Crippen molar-refractivity contribution in [3.63, 3.8) is 0 Å². The van der Waals surface area contributed by atoms with E-state index in [9.17, 15) is 0 Å². The first-order chi connectivity index (χ1) is 4.97. The van der Waals surface area contributed by atoms with Crippen LogP contribution in [-0.2, 0) is 4.89 Å². The summed E-state index contributed by atoms with van der Waals surface area (Å²) in [6, 6.07) is 8.36. The van der Waals surface area contributed by atoms with Gasteiger partial charge in [0.05, 0.1) is 0 Å². The van der Waals surface area contributed by atoms with E-state index in [1.165, 1.54) is 6.26 Å². The van der Waals surface area contributed by atoms with Crippen LogP contribution in [-0.4, -0.2) is 0 Å². The number of rotatable bonds is 0. The van der Waals surface area contributed by atoms with Crippen molar-refractivity contribution in [3.8, 4) is 5.75 Å². The van der Waals surface area contributed by atoms with Crippen LogP contribution in [0.1, 0.15) is 5.56 Å². The maximum Gasteiger partial charge on any atom is 0.185 e. The lowest BCUT2D eigenvalue weighted by atomic mass is 10.2. The van der Waals surface area contributed by atoms with Crippen molar-refractivity contribution in [2.45, 2.75) is 0 Å². The lowest BCUT2D eigenvalue weighted by molar-refractivity contribution is -0.151. The molecule has 0 amide bonds. The number of hydrogen-bond acceptors (Lipinski definition) is 2. The van der Waals surface area contributed by atoms with Crippen LogP contribution in [0, 0.1) is 6.07 Å². The Balaban J connectivity index is 2.54. The SMILES string of the molecule is [c]1ccc2c(c1)C=COO2. The van der Waals surface area contributed by atoms with Gasteiger partial charge in [-0.1, -0.05) is 6.07 Å². The summed E-state index contributed by atoms with van der Waals surface area (Å²) >= 11 is 0. The van der Waals surface area contributed by atoms with Crippen molar-refractivity contribution in [2.75, 3.05) is 0 Å². The Morgan fingerprint density at radius 1 is 1.40 bits per heavy atom. The normalized spacial score (nSPS) is 13.2. The monoisotopic (exact) mass is 133 g/mol. The Labute approximate surface area is 58.6 Å². The van der Waals surface area contributed by atoms with Gasteiger partial charge in [-0.25, -0.2) is 0 Å². The van der Waals surface area contributed by atoms with Gasteiger partial charge >= 0.3 is 0 Å². The molecule has 0 unspecified atom stereocenters. The van der Waals surface area contributed by atoms with Gasteiger partial charge in [-0.05, 0) is 24.3 Å². The Morgan fingerprint density at radius 2 is 2.40 bits per heavy atom. The van der Waals surface area contributed by atoms with E-state index in [-0.39, 0.29) is 0 Å². The van der Waals surface area contributed by atoms with Gasteiger partial charge in [0.2, 0.25) is 0 Å². The molecule has 0 spiro atoms. The Morgan fingerprint density at radius 3 is 3.30 bits per heavy atom. The lowest BCUT2D eigenvalue weighted by Crippen LogP contribution is -1.96. The summed E-state index contributed by atoms with van der Waals surface area (Å²) in [6.45, 7) is 0. The molecule has 0 aromatic heterocycles. The molecule has 1 aromatic carbocycles. The second-order valence-electron chi connectivity index (χ2n) is 1.95. The van der Waals surface area contributed by atoms with Gasteiger partial charge in [-0.2, -0.15) is 0 Å². The van der Waals surface area contributed by atoms with Crippen LogP contribution in [0.2, 0.25) is 0 Å². The fraction of sp³-hybridized carbons (Fsp3) is 0. The third-order valence-corrected chi connectivity index (χ3v) is 1.30. The highest BCUT2D eigenvalue weighted by Crippen LogP contribution is 2.22. The molecule has 1 radical (unpaired) electrons. The van der Waals surface area contributed by atoms with Crippen molar-refractivity contribution in [3.05, 3.63) is 36.1 Å². The molecule has 1 heterocycles. The molecule has 0 fully saturated rings. The molecule has 1 aliphatic rings. The van der Waals surface area contributed by atoms with E-state index in [1.807, 2.05) is 12.1 Å². The fourth-order valence-corrected chi connectivity index (χ4v) is 0.816. The van der Waals surface area contributed by atoms with E-state index < -0.39 is 0 Å². The van der Waals surface area contributed by atoms with Gasteiger partial charge in [0.1, 0.15) is 6.26 Å². The van der Waals surface area contributed by atoms with Crippen molar-refractivity contribution in [2.24, 2.45) is 0 Å². The van der Waals surface area contributed by atoms with Crippen LogP contribution in [0.4, 0.5) is 0 Å². The molecule has 0 aliphatic carbocycles. The van der Waals surface area contributed by atoms with Gasteiger partial charge in [0.15, 0.2) is 5.75 Å². The zero-order valence-corrected chi connectivity index (χ0v) is 5.20. The first kappa shape index (κ1) is 5.35. The molecule has 0 bridgehead atoms. The molecule has 0 atom stereocenters.